The Balaban J connectivity index is 2.24. The molecule has 100 valence electrons. The normalized spacial score (nSPS) is 11.3. The van der Waals surface area contributed by atoms with Gasteiger partial charge in [0, 0.05) is 15.7 Å². The van der Waals surface area contributed by atoms with Gasteiger partial charge >= 0.3 is 6.18 Å². The Hall–Kier alpha value is -0.830. The molecule has 1 amide bonds. The lowest BCUT2D eigenvalue weighted by atomic mass is 10.2. The van der Waals surface area contributed by atoms with E-state index in [9.17, 15) is 18.0 Å². The first-order valence-corrected chi connectivity index (χ1v) is 6.14. The molecule has 7 heteroatoms. The average molecular weight is 373 g/mol. The molecule has 1 aromatic carbocycles. The van der Waals surface area contributed by atoms with Gasteiger partial charge in [-0.05, 0) is 46.9 Å². The minimum atomic E-state index is -4.33. The number of hydrogen-bond donors (Lipinski definition) is 1. The molecule has 18 heavy (non-hydrogen) atoms. The molecule has 3 nitrogen and oxygen atoms in total. The zero-order valence-corrected chi connectivity index (χ0v) is 11.4. The van der Waals surface area contributed by atoms with Gasteiger partial charge in [-0.3, -0.25) is 4.79 Å². The van der Waals surface area contributed by atoms with Crippen LogP contribution in [0.3, 0.4) is 0 Å². The predicted molar refractivity (Wildman–Crippen MR) is 68.4 cm³/mol. The predicted octanol–water partition coefficient (Wildman–Crippen LogP) is 2.60. The van der Waals surface area contributed by atoms with Crippen molar-refractivity contribution in [2.45, 2.75) is 6.18 Å². The summed E-state index contributed by atoms with van der Waals surface area (Å²) in [6, 6.07) is 6.84. The number of nitrogens with one attached hydrogen (secondary N) is 1. The van der Waals surface area contributed by atoms with Gasteiger partial charge in [0.25, 0.3) is 5.91 Å². The summed E-state index contributed by atoms with van der Waals surface area (Å²) in [4.78, 5) is 11.5. The Morgan fingerprint density at radius 2 is 1.89 bits per heavy atom. The van der Waals surface area contributed by atoms with Crippen LogP contribution in [0.15, 0.2) is 24.3 Å². The molecule has 0 aliphatic heterocycles. The number of rotatable bonds is 5. The standard InChI is InChI=1S/C11H11F3INO2/c12-11(13,14)7-18-6-5-16-10(17)8-1-3-9(15)4-2-8/h1-4H,5-7H2,(H,16,17). The lowest BCUT2D eigenvalue weighted by Gasteiger charge is -2.08. The summed E-state index contributed by atoms with van der Waals surface area (Å²) < 4.78 is 40.6. The largest absolute Gasteiger partial charge is 0.411 e. The van der Waals surface area contributed by atoms with Crippen molar-refractivity contribution in [2.24, 2.45) is 0 Å². The molecule has 1 N–H and O–H groups in total. The van der Waals surface area contributed by atoms with Crippen molar-refractivity contribution in [3.63, 3.8) is 0 Å². The fourth-order valence-electron chi connectivity index (χ4n) is 1.13. The lowest BCUT2D eigenvalue weighted by molar-refractivity contribution is -0.173. The van der Waals surface area contributed by atoms with Gasteiger partial charge in [-0.25, -0.2) is 0 Å². The maximum absolute atomic E-state index is 11.7. The fourth-order valence-corrected chi connectivity index (χ4v) is 1.49. The highest BCUT2D eigenvalue weighted by Gasteiger charge is 2.27. The van der Waals surface area contributed by atoms with Crippen molar-refractivity contribution in [1.29, 1.82) is 0 Å². The van der Waals surface area contributed by atoms with E-state index in [0.29, 0.717) is 5.56 Å². The molecule has 0 heterocycles. The molecule has 0 aliphatic carbocycles. The summed E-state index contributed by atoms with van der Waals surface area (Å²) in [5, 5.41) is 2.47. The van der Waals surface area contributed by atoms with Crippen molar-refractivity contribution >= 4 is 28.5 Å². The molecule has 0 fully saturated rings. The molecular weight excluding hydrogens is 362 g/mol. The van der Waals surface area contributed by atoms with Gasteiger partial charge in [0.05, 0.1) is 6.61 Å². The van der Waals surface area contributed by atoms with Crippen LogP contribution in [-0.4, -0.2) is 31.8 Å². The van der Waals surface area contributed by atoms with Gasteiger partial charge < -0.3 is 10.1 Å². The van der Waals surface area contributed by atoms with Gasteiger partial charge in [-0.1, -0.05) is 0 Å². The van der Waals surface area contributed by atoms with Gasteiger partial charge in [-0.2, -0.15) is 13.2 Å². The monoisotopic (exact) mass is 373 g/mol. The first kappa shape index (κ1) is 15.2. The van der Waals surface area contributed by atoms with Crippen LogP contribution in [0.25, 0.3) is 0 Å². The second kappa shape index (κ2) is 6.93. The van der Waals surface area contributed by atoms with Gasteiger partial charge in [0.2, 0.25) is 0 Å². The third-order valence-electron chi connectivity index (χ3n) is 1.90. The topological polar surface area (TPSA) is 38.3 Å². The Bertz CT molecular complexity index is 392. The van der Waals surface area contributed by atoms with Crippen LogP contribution in [0, 0.1) is 3.57 Å². The minimum absolute atomic E-state index is 0.0426. The van der Waals surface area contributed by atoms with Crippen LogP contribution in [0.4, 0.5) is 13.2 Å². The maximum Gasteiger partial charge on any atom is 0.411 e. The molecule has 1 rings (SSSR count). The Morgan fingerprint density at radius 1 is 1.28 bits per heavy atom. The lowest BCUT2D eigenvalue weighted by Crippen LogP contribution is -2.28. The van der Waals surface area contributed by atoms with Crippen molar-refractivity contribution in [3.05, 3.63) is 33.4 Å². The molecule has 0 aromatic heterocycles. The van der Waals surface area contributed by atoms with Crippen LogP contribution >= 0.6 is 22.6 Å². The summed E-state index contributed by atoms with van der Waals surface area (Å²) in [7, 11) is 0. The number of carbonyl (C=O) groups is 1. The number of benzene rings is 1. The SMILES string of the molecule is O=C(NCCOCC(F)(F)F)c1ccc(I)cc1. The van der Waals surface area contributed by atoms with Gasteiger partial charge in [-0.15, -0.1) is 0 Å². The van der Waals surface area contributed by atoms with E-state index >= 15 is 0 Å². The smallest absolute Gasteiger partial charge is 0.370 e. The van der Waals surface area contributed by atoms with Crippen LogP contribution < -0.4 is 5.32 Å². The summed E-state index contributed by atoms with van der Waals surface area (Å²) in [5.74, 6) is -0.331. The van der Waals surface area contributed by atoms with Crippen LogP contribution in [0.1, 0.15) is 10.4 Å². The van der Waals surface area contributed by atoms with E-state index in [1.165, 1.54) is 0 Å². The van der Waals surface area contributed by atoms with Crippen molar-refractivity contribution in [3.8, 4) is 0 Å². The van der Waals surface area contributed by atoms with Crippen LogP contribution in [0.5, 0.6) is 0 Å². The maximum atomic E-state index is 11.7. The van der Waals surface area contributed by atoms with E-state index in [0.717, 1.165) is 3.57 Å². The molecule has 0 spiro atoms. The van der Waals surface area contributed by atoms with Gasteiger partial charge in [0.1, 0.15) is 6.61 Å². The summed E-state index contributed by atoms with van der Waals surface area (Å²) in [6.07, 6.45) is -4.33. The number of amides is 1. The summed E-state index contributed by atoms with van der Waals surface area (Å²) in [6.45, 7) is -1.43. The van der Waals surface area contributed by atoms with Crippen LogP contribution in [0.2, 0.25) is 0 Å². The molecule has 1 aromatic rings. The number of carbonyl (C=O) groups excluding carboxylic acids is 1. The van der Waals surface area contributed by atoms with E-state index in [4.69, 9.17) is 0 Å². The summed E-state index contributed by atoms with van der Waals surface area (Å²) in [5.41, 5.74) is 0.464. The molecule has 0 atom stereocenters. The quantitative estimate of drug-likeness (QED) is 0.637. The van der Waals surface area contributed by atoms with E-state index in [1.54, 1.807) is 24.3 Å². The molecule has 0 saturated heterocycles. The highest BCUT2D eigenvalue weighted by Crippen LogP contribution is 2.14. The second-order valence-corrected chi connectivity index (χ2v) is 4.68. The van der Waals surface area contributed by atoms with Gasteiger partial charge in [0.15, 0.2) is 0 Å². The number of hydrogen-bond acceptors (Lipinski definition) is 2. The van der Waals surface area contributed by atoms with E-state index in [-0.39, 0.29) is 19.1 Å². The molecule has 0 bridgehead atoms. The first-order chi connectivity index (χ1) is 8.38. The molecule has 0 unspecified atom stereocenters. The molecule has 0 radical (unpaired) electrons. The third kappa shape index (κ3) is 6.20. The fraction of sp³-hybridized carbons (Fsp3) is 0.364. The molecule has 0 aliphatic rings. The Morgan fingerprint density at radius 3 is 2.44 bits per heavy atom. The van der Waals surface area contributed by atoms with E-state index < -0.39 is 12.8 Å². The van der Waals surface area contributed by atoms with Crippen molar-refractivity contribution in [2.75, 3.05) is 19.8 Å². The second-order valence-electron chi connectivity index (χ2n) is 3.43. The summed E-state index contributed by atoms with van der Waals surface area (Å²) >= 11 is 2.11. The Labute approximate surface area is 116 Å². The van der Waals surface area contributed by atoms with Crippen molar-refractivity contribution < 1.29 is 22.7 Å². The number of ether oxygens (including phenoxy) is 1. The molecular formula is C11H11F3INO2. The zero-order valence-electron chi connectivity index (χ0n) is 9.26. The zero-order chi connectivity index (χ0) is 13.6. The van der Waals surface area contributed by atoms with E-state index in [1.807, 2.05) is 0 Å². The Kier molecular flexibility index (Phi) is 5.86. The molecule has 0 saturated carbocycles. The highest BCUT2D eigenvalue weighted by molar-refractivity contribution is 14.1. The minimum Gasteiger partial charge on any atom is -0.370 e. The van der Waals surface area contributed by atoms with E-state index in [2.05, 4.69) is 32.6 Å². The highest BCUT2D eigenvalue weighted by atomic mass is 127. The number of halogens is 4. The average Bonchev–Trinajstić information content (AvgIpc) is 2.27. The number of alkyl halides is 3. The third-order valence-corrected chi connectivity index (χ3v) is 2.62. The van der Waals surface area contributed by atoms with Crippen LogP contribution in [-0.2, 0) is 4.74 Å². The first-order valence-electron chi connectivity index (χ1n) is 5.07. The van der Waals surface area contributed by atoms with Crippen molar-refractivity contribution in [1.82, 2.24) is 5.32 Å².